The van der Waals surface area contributed by atoms with Crippen LogP contribution in [0, 0.1) is 5.41 Å². The number of hydrogen-bond acceptors (Lipinski definition) is 4. The molecule has 0 aliphatic carbocycles. The fourth-order valence-electron chi connectivity index (χ4n) is 2.34. The minimum atomic E-state index is -0.155. The summed E-state index contributed by atoms with van der Waals surface area (Å²) in [4.78, 5) is 16.7. The van der Waals surface area contributed by atoms with Crippen LogP contribution >= 0.6 is 0 Å². The van der Waals surface area contributed by atoms with Gasteiger partial charge in [0.25, 0.3) is 0 Å². The van der Waals surface area contributed by atoms with Crippen molar-refractivity contribution in [3.8, 4) is 0 Å². The standard InChI is InChI=1S/C15H27N5O2/c1-10(15(2,3)4)16-14(21)17-11-7-6-8-20-13(11)18-12(19-20)9-22-5/h10-11H,6-9H2,1-5H3,(H2,16,17,21)/t10-,11+/m1/s1. The number of nitrogens with zero attached hydrogens (tertiary/aromatic N) is 3. The molecular formula is C15H27N5O2. The van der Waals surface area contributed by atoms with Gasteiger partial charge in [-0.25, -0.2) is 14.5 Å². The number of hydrogen-bond donors (Lipinski definition) is 2. The molecule has 0 saturated heterocycles. The van der Waals surface area contributed by atoms with Crippen molar-refractivity contribution in [2.45, 2.75) is 65.8 Å². The van der Waals surface area contributed by atoms with E-state index in [1.165, 1.54) is 0 Å². The molecule has 1 aromatic rings. The highest BCUT2D eigenvalue weighted by Gasteiger charge is 2.27. The van der Waals surface area contributed by atoms with Gasteiger partial charge in [-0.2, -0.15) is 5.10 Å². The molecule has 2 N–H and O–H groups in total. The van der Waals surface area contributed by atoms with Crippen molar-refractivity contribution in [3.63, 3.8) is 0 Å². The number of carbonyl (C=O) groups excluding carboxylic acids is 1. The number of methoxy groups -OCH3 is 1. The number of aromatic nitrogens is 3. The fraction of sp³-hybridized carbons (Fsp3) is 0.800. The van der Waals surface area contributed by atoms with Gasteiger partial charge in [-0.05, 0) is 25.2 Å². The second-order valence-corrected chi connectivity index (χ2v) is 6.94. The number of ether oxygens (including phenoxy) is 1. The summed E-state index contributed by atoms with van der Waals surface area (Å²) >= 11 is 0. The third-order valence-corrected chi connectivity index (χ3v) is 4.14. The number of amides is 2. The van der Waals surface area contributed by atoms with Gasteiger partial charge in [-0.15, -0.1) is 0 Å². The van der Waals surface area contributed by atoms with E-state index in [0.29, 0.717) is 12.4 Å². The SMILES string of the molecule is COCc1nc2n(n1)CCC[C@@H]2NC(=O)N[C@H](C)C(C)(C)C. The van der Waals surface area contributed by atoms with Gasteiger partial charge in [0.2, 0.25) is 0 Å². The lowest BCUT2D eigenvalue weighted by atomic mass is 9.88. The quantitative estimate of drug-likeness (QED) is 0.891. The first-order valence-corrected chi connectivity index (χ1v) is 7.81. The molecule has 1 aromatic heterocycles. The lowest BCUT2D eigenvalue weighted by Crippen LogP contribution is -2.48. The average molecular weight is 309 g/mol. The minimum Gasteiger partial charge on any atom is -0.377 e. The van der Waals surface area contributed by atoms with E-state index in [2.05, 4.69) is 41.5 Å². The van der Waals surface area contributed by atoms with Crippen LogP contribution in [0.3, 0.4) is 0 Å². The Morgan fingerprint density at radius 1 is 1.50 bits per heavy atom. The second kappa shape index (κ2) is 6.64. The molecule has 7 heteroatoms. The molecule has 1 aliphatic heterocycles. The minimum absolute atomic E-state index is 0.0234. The van der Waals surface area contributed by atoms with Gasteiger partial charge in [-0.1, -0.05) is 20.8 Å². The summed E-state index contributed by atoms with van der Waals surface area (Å²) in [6.07, 6.45) is 1.85. The molecule has 0 unspecified atom stereocenters. The second-order valence-electron chi connectivity index (χ2n) is 6.94. The highest BCUT2D eigenvalue weighted by molar-refractivity contribution is 5.74. The smallest absolute Gasteiger partial charge is 0.315 e. The number of urea groups is 1. The Bertz CT molecular complexity index is 520. The van der Waals surface area contributed by atoms with E-state index in [4.69, 9.17) is 4.74 Å². The molecular weight excluding hydrogens is 282 g/mol. The third kappa shape index (κ3) is 3.97. The molecule has 2 amide bonds. The maximum Gasteiger partial charge on any atom is 0.315 e. The van der Waals surface area contributed by atoms with E-state index in [1.807, 2.05) is 11.6 Å². The molecule has 1 aliphatic rings. The van der Waals surface area contributed by atoms with Gasteiger partial charge in [0.1, 0.15) is 12.4 Å². The third-order valence-electron chi connectivity index (χ3n) is 4.14. The Morgan fingerprint density at radius 3 is 2.86 bits per heavy atom. The van der Waals surface area contributed by atoms with Crippen molar-refractivity contribution in [1.29, 1.82) is 0 Å². The van der Waals surface area contributed by atoms with E-state index < -0.39 is 0 Å². The van der Waals surface area contributed by atoms with Crippen LogP contribution in [-0.2, 0) is 17.9 Å². The maximum atomic E-state index is 12.2. The van der Waals surface area contributed by atoms with Crippen LogP contribution in [0.25, 0.3) is 0 Å². The van der Waals surface area contributed by atoms with Gasteiger partial charge in [-0.3, -0.25) is 0 Å². The lowest BCUT2D eigenvalue weighted by Gasteiger charge is -2.29. The normalized spacial score (nSPS) is 19.4. The van der Waals surface area contributed by atoms with Crippen molar-refractivity contribution in [2.75, 3.05) is 7.11 Å². The van der Waals surface area contributed by atoms with Crippen LogP contribution in [0.15, 0.2) is 0 Å². The Kier molecular flexibility index (Phi) is 5.05. The number of rotatable bonds is 4. The fourth-order valence-corrected chi connectivity index (χ4v) is 2.34. The van der Waals surface area contributed by atoms with Crippen molar-refractivity contribution in [1.82, 2.24) is 25.4 Å². The molecule has 0 spiro atoms. The number of nitrogens with one attached hydrogen (secondary N) is 2. The zero-order chi connectivity index (χ0) is 16.3. The van der Waals surface area contributed by atoms with Crippen molar-refractivity contribution in [2.24, 2.45) is 5.41 Å². The van der Waals surface area contributed by atoms with Crippen molar-refractivity contribution in [3.05, 3.63) is 11.6 Å². The maximum absolute atomic E-state index is 12.2. The molecule has 7 nitrogen and oxygen atoms in total. The molecule has 124 valence electrons. The van der Waals surface area contributed by atoms with E-state index in [1.54, 1.807) is 7.11 Å². The number of aryl methyl sites for hydroxylation is 1. The molecule has 2 heterocycles. The average Bonchev–Trinajstić information content (AvgIpc) is 2.81. The highest BCUT2D eigenvalue weighted by atomic mass is 16.5. The zero-order valence-electron chi connectivity index (χ0n) is 14.1. The first kappa shape index (κ1) is 16.7. The Hall–Kier alpha value is -1.63. The van der Waals surface area contributed by atoms with Crippen LogP contribution in [-0.4, -0.2) is 33.9 Å². The Labute approximate surface area is 131 Å². The molecule has 22 heavy (non-hydrogen) atoms. The Morgan fingerprint density at radius 2 is 2.23 bits per heavy atom. The molecule has 0 saturated carbocycles. The van der Waals surface area contributed by atoms with E-state index in [-0.39, 0.29) is 23.5 Å². The summed E-state index contributed by atoms with van der Waals surface area (Å²) in [7, 11) is 1.62. The summed E-state index contributed by atoms with van der Waals surface area (Å²) in [6.45, 7) is 9.55. The summed E-state index contributed by atoms with van der Waals surface area (Å²) in [5, 5.41) is 10.4. The predicted molar refractivity (Wildman–Crippen MR) is 83.3 cm³/mol. The first-order chi connectivity index (χ1) is 10.3. The summed E-state index contributed by atoms with van der Waals surface area (Å²) in [5.74, 6) is 1.48. The van der Waals surface area contributed by atoms with Crippen molar-refractivity contribution < 1.29 is 9.53 Å². The van der Waals surface area contributed by atoms with Gasteiger partial charge < -0.3 is 15.4 Å². The van der Waals surface area contributed by atoms with Gasteiger partial charge >= 0.3 is 6.03 Å². The van der Waals surface area contributed by atoms with E-state index in [0.717, 1.165) is 25.2 Å². The predicted octanol–water partition coefficient (Wildman–Crippen LogP) is 1.99. The summed E-state index contributed by atoms with van der Waals surface area (Å²) < 4.78 is 6.95. The summed E-state index contributed by atoms with van der Waals surface area (Å²) in [6, 6.07) is -0.172. The van der Waals surface area contributed by atoms with Crippen LogP contribution in [0.2, 0.25) is 0 Å². The first-order valence-electron chi connectivity index (χ1n) is 7.81. The van der Waals surface area contributed by atoms with Crippen LogP contribution in [0.1, 0.15) is 58.2 Å². The molecule has 2 rings (SSSR count). The monoisotopic (exact) mass is 309 g/mol. The topological polar surface area (TPSA) is 81.1 Å². The van der Waals surface area contributed by atoms with Crippen LogP contribution < -0.4 is 10.6 Å². The summed E-state index contributed by atoms with van der Waals surface area (Å²) in [5.41, 5.74) is 0.0234. The molecule has 0 fully saturated rings. The zero-order valence-corrected chi connectivity index (χ0v) is 14.1. The molecule has 2 atom stereocenters. The van der Waals surface area contributed by atoms with Gasteiger partial charge in [0, 0.05) is 19.7 Å². The van der Waals surface area contributed by atoms with Crippen LogP contribution in [0.5, 0.6) is 0 Å². The van der Waals surface area contributed by atoms with Crippen molar-refractivity contribution >= 4 is 6.03 Å². The largest absolute Gasteiger partial charge is 0.377 e. The molecule has 0 radical (unpaired) electrons. The lowest BCUT2D eigenvalue weighted by molar-refractivity contribution is 0.177. The van der Waals surface area contributed by atoms with Gasteiger partial charge in [0.05, 0.1) is 6.04 Å². The van der Waals surface area contributed by atoms with E-state index in [9.17, 15) is 4.79 Å². The number of carbonyl (C=O) groups is 1. The molecule has 0 bridgehead atoms. The van der Waals surface area contributed by atoms with Gasteiger partial charge in [0.15, 0.2) is 5.82 Å². The number of fused-ring (bicyclic) bond motifs is 1. The van der Waals surface area contributed by atoms with Crippen LogP contribution in [0.4, 0.5) is 4.79 Å². The van der Waals surface area contributed by atoms with E-state index >= 15 is 0 Å². The highest BCUT2D eigenvalue weighted by Crippen LogP contribution is 2.23. The molecule has 0 aromatic carbocycles. The Balaban J connectivity index is 2.01.